The van der Waals surface area contributed by atoms with Gasteiger partial charge in [0.2, 0.25) is 0 Å². The van der Waals surface area contributed by atoms with Crippen molar-refractivity contribution in [2.75, 3.05) is 0 Å². The van der Waals surface area contributed by atoms with Crippen LogP contribution < -0.4 is 5.46 Å². The molecule has 2 aromatic rings. The lowest BCUT2D eigenvalue weighted by Crippen LogP contribution is -2.41. The molecule has 0 amide bonds. The maximum atomic E-state index is 9.52. The number of rotatable bonds is 2. The molecule has 0 aliphatic carbocycles. The SMILES string of the molecule is Cc1nccn1-c1ccc(B2OC(C)(C)C(C)(C)O2)cc1C#N. The third-order valence-corrected chi connectivity index (χ3v) is 4.75. The van der Waals surface area contributed by atoms with Crippen molar-refractivity contribution < 1.29 is 9.31 Å². The molecule has 0 spiro atoms. The largest absolute Gasteiger partial charge is 0.494 e. The van der Waals surface area contributed by atoms with Crippen LogP contribution in [0, 0.1) is 18.3 Å². The van der Waals surface area contributed by atoms with Crippen molar-refractivity contribution >= 4 is 12.6 Å². The van der Waals surface area contributed by atoms with Crippen LogP contribution in [0.2, 0.25) is 0 Å². The number of imidazole rings is 1. The predicted octanol–water partition coefficient (Wildman–Crippen LogP) is 2.35. The molecule has 0 saturated carbocycles. The third kappa shape index (κ3) is 2.56. The van der Waals surface area contributed by atoms with Gasteiger partial charge in [0.25, 0.3) is 0 Å². The molecule has 0 radical (unpaired) electrons. The van der Waals surface area contributed by atoms with E-state index in [9.17, 15) is 5.26 Å². The summed E-state index contributed by atoms with van der Waals surface area (Å²) in [6, 6.07) is 7.94. The molecule has 0 atom stereocenters. The molecule has 1 fully saturated rings. The molecular weight excluding hydrogens is 289 g/mol. The number of hydrogen-bond donors (Lipinski definition) is 0. The lowest BCUT2D eigenvalue weighted by molar-refractivity contribution is 0.00578. The number of aromatic nitrogens is 2. The first-order valence-electron chi connectivity index (χ1n) is 7.65. The number of nitriles is 1. The van der Waals surface area contributed by atoms with E-state index in [0.717, 1.165) is 17.0 Å². The van der Waals surface area contributed by atoms with Gasteiger partial charge >= 0.3 is 7.12 Å². The maximum Gasteiger partial charge on any atom is 0.494 e. The first-order chi connectivity index (χ1) is 10.7. The van der Waals surface area contributed by atoms with Gasteiger partial charge in [-0.1, -0.05) is 6.07 Å². The summed E-state index contributed by atoms with van der Waals surface area (Å²) in [6.45, 7) is 9.97. The number of aryl methyl sites for hydroxylation is 1. The summed E-state index contributed by atoms with van der Waals surface area (Å²) in [6.07, 6.45) is 3.57. The molecule has 1 aromatic heterocycles. The summed E-state index contributed by atoms with van der Waals surface area (Å²) >= 11 is 0. The van der Waals surface area contributed by atoms with Crippen molar-refractivity contribution in [3.8, 4) is 11.8 Å². The standard InChI is InChI=1S/C17H20BN3O2/c1-12-20-8-9-21(12)15-7-6-14(10-13(15)11-19)18-22-16(2,3)17(4,5)23-18/h6-10H,1-5H3. The quantitative estimate of drug-likeness (QED) is 0.799. The average molecular weight is 309 g/mol. The van der Waals surface area contributed by atoms with E-state index in [-0.39, 0.29) is 0 Å². The number of hydrogen-bond acceptors (Lipinski definition) is 4. The van der Waals surface area contributed by atoms with E-state index < -0.39 is 18.3 Å². The lowest BCUT2D eigenvalue weighted by Gasteiger charge is -2.32. The van der Waals surface area contributed by atoms with Gasteiger partial charge in [0, 0.05) is 12.4 Å². The van der Waals surface area contributed by atoms with Gasteiger partial charge in [0.15, 0.2) is 0 Å². The molecule has 23 heavy (non-hydrogen) atoms. The Bertz CT molecular complexity index is 773. The lowest BCUT2D eigenvalue weighted by atomic mass is 9.78. The van der Waals surface area contributed by atoms with Crippen molar-refractivity contribution in [3.05, 3.63) is 42.0 Å². The van der Waals surface area contributed by atoms with E-state index >= 15 is 0 Å². The van der Waals surface area contributed by atoms with E-state index in [1.165, 1.54) is 0 Å². The summed E-state index contributed by atoms with van der Waals surface area (Å²) in [5, 5.41) is 9.52. The first kappa shape index (κ1) is 15.8. The highest BCUT2D eigenvalue weighted by molar-refractivity contribution is 6.62. The monoisotopic (exact) mass is 309 g/mol. The van der Waals surface area contributed by atoms with E-state index in [0.29, 0.717) is 5.56 Å². The molecule has 6 heteroatoms. The molecule has 5 nitrogen and oxygen atoms in total. The Balaban J connectivity index is 1.99. The minimum absolute atomic E-state index is 0.399. The summed E-state index contributed by atoms with van der Waals surface area (Å²) < 4.78 is 14.0. The summed E-state index contributed by atoms with van der Waals surface area (Å²) in [5.41, 5.74) is 1.43. The fourth-order valence-electron chi connectivity index (χ4n) is 2.61. The number of nitrogens with zero attached hydrogens (tertiary/aromatic N) is 3. The van der Waals surface area contributed by atoms with Crippen LogP contribution in [0.15, 0.2) is 30.6 Å². The molecule has 1 aromatic carbocycles. The minimum Gasteiger partial charge on any atom is -0.399 e. The molecule has 118 valence electrons. The zero-order valence-corrected chi connectivity index (χ0v) is 14.1. The first-order valence-corrected chi connectivity index (χ1v) is 7.65. The Morgan fingerprint density at radius 2 is 1.83 bits per heavy atom. The molecular formula is C17H20BN3O2. The second-order valence-corrected chi connectivity index (χ2v) is 6.82. The second kappa shape index (κ2) is 5.22. The van der Waals surface area contributed by atoms with Crippen LogP contribution in [0.25, 0.3) is 5.69 Å². The highest BCUT2D eigenvalue weighted by Gasteiger charge is 2.51. The zero-order chi connectivity index (χ0) is 16.8. The van der Waals surface area contributed by atoms with Crippen LogP contribution in [0.5, 0.6) is 0 Å². The van der Waals surface area contributed by atoms with Crippen molar-refractivity contribution in [2.24, 2.45) is 0 Å². The van der Waals surface area contributed by atoms with E-state index in [2.05, 4.69) is 11.1 Å². The van der Waals surface area contributed by atoms with Crippen molar-refractivity contribution in [2.45, 2.75) is 45.8 Å². The van der Waals surface area contributed by atoms with Crippen LogP contribution in [-0.4, -0.2) is 27.9 Å². The van der Waals surface area contributed by atoms with Crippen molar-refractivity contribution in [3.63, 3.8) is 0 Å². The maximum absolute atomic E-state index is 9.52. The minimum atomic E-state index is -0.468. The average Bonchev–Trinajstić information content (AvgIpc) is 2.99. The topological polar surface area (TPSA) is 60.1 Å². The van der Waals surface area contributed by atoms with Crippen LogP contribution in [0.4, 0.5) is 0 Å². The Morgan fingerprint density at radius 3 is 2.35 bits per heavy atom. The third-order valence-electron chi connectivity index (χ3n) is 4.75. The van der Waals surface area contributed by atoms with E-state index in [1.54, 1.807) is 6.20 Å². The molecule has 1 aliphatic rings. The summed E-state index contributed by atoms with van der Waals surface area (Å²) in [5.74, 6) is 0.838. The van der Waals surface area contributed by atoms with Gasteiger partial charge in [-0.05, 0) is 52.2 Å². The molecule has 1 saturated heterocycles. The Labute approximate surface area is 137 Å². The molecule has 2 heterocycles. The Hall–Kier alpha value is -2.10. The second-order valence-electron chi connectivity index (χ2n) is 6.82. The van der Waals surface area contributed by atoms with Crippen LogP contribution >= 0.6 is 0 Å². The van der Waals surface area contributed by atoms with Gasteiger partial charge in [-0.25, -0.2) is 4.98 Å². The van der Waals surface area contributed by atoms with Gasteiger partial charge in [0.1, 0.15) is 11.9 Å². The molecule has 3 rings (SSSR count). The zero-order valence-electron chi connectivity index (χ0n) is 14.1. The molecule has 1 aliphatic heterocycles. The number of benzene rings is 1. The fraction of sp³-hybridized carbons (Fsp3) is 0.412. The van der Waals surface area contributed by atoms with Crippen LogP contribution in [-0.2, 0) is 9.31 Å². The van der Waals surface area contributed by atoms with Crippen LogP contribution in [0.3, 0.4) is 0 Å². The van der Waals surface area contributed by atoms with Crippen molar-refractivity contribution in [1.29, 1.82) is 5.26 Å². The molecule has 0 bridgehead atoms. The van der Waals surface area contributed by atoms with Gasteiger partial charge in [-0.15, -0.1) is 0 Å². The van der Waals surface area contributed by atoms with Gasteiger partial charge in [-0.3, -0.25) is 0 Å². The smallest absolute Gasteiger partial charge is 0.399 e. The summed E-state index contributed by atoms with van der Waals surface area (Å²) in [4.78, 5) is 4.21. The normalized spacial score (nSPS) is 18.9. The Kier molecular flexibility index (Phi) is 3.59. The van der Waals surface area contributed by atoms with E-state index in [1.807, 2.05) is 63.6 Å². The van der Waals surface area contributed by atoms with Crippen molar-refractivity contribution in [1.82, 2.24) is 9.55 Å². The van der Waals surface area contributed by atoms with E-state index in [4.69, 9.17) is 9.31 Å². The predicted molar refractivity (Wildman–Crippen MR) is 88.7 cm³/mol. The summed E-state index contributed by atoms with van der Waals surface area (Å²) in [7, 11) is -0.468. The fourth-order valence-corrected chi connectivity index (χ4v) is 2.61. The van der Waals surface area contributed by atoms with Gasteiger partial charge in [0.05, 0.1) is 22.5 Å². The highest BCUT2D eigenvalue weighted by atomic mass is 16.7. The van der Waals surface area contributed by atoms with Gasteiger partial charge < -0.3 is 13.9 Å². The molecule has 0 N–H and O–H groups in total. The highest BCUT2D eigenvalue weighted by Crippen LogP contribution is 2.36. The van der Waals surface area contributed by atoms with Crippen LogP contribution in [0.1, 0.15) is 39.1 Å². The Morgan fingerprint density at radius 1 is 1.17 bits per heavy atom. The molecule has 0 unspecified atom stereocenters. The van der Waals surface area contributed by atoms with Gasteiger partial charge in [-0.2, -0.15) is 5.26 Å².